The van der Waals surface area contributed by atoms with Crippen molar-refractivity contribution in [3.8, 4) is 11.4 Å². The number of benzene rings is 3. The Morgan fingerprint density at radius 1 is 0.914 bits per heavy atom. The summed E-state index contributed by atoms with van der Waals surface area (Å²) in [6, 6.07) is 24.2. The molecule has 1 N–H and O–H groups in total. The normalized spacial score (nSPS) is 13.2. The van der Waals surface area contributed by atoms with Gasteiger partial charge in [-0.25, -0.2) is 4.39 Å². The van der Waals surface area contributed by atoms with Gasteiger partial charge in [0.25, 0.3) is 0 Å². The molecule has 5 rings (SSSR count). The van der Waals surface area contributed by atoms with Gasteiger partial charge in [0.2, 0.25) is 5.91 Å². The molecule has 178 valence electrons. The number of rotatable bonds is 8. The fraction of sp³-hybridized carbons (Fsp3) is 0.222. The molecule has 0 atom stereocenters. The summed E-state index contributed by atoms with van der Waals surface area (Å²) in [4.78, 5) is 15.0. The Balaban J connectivity index is 1.28. The van der Waals surface area contributed by atoms with Crippen molar-refractivity contribution in [1.82, 2.24) is 14.8 Å². The lowest BCUT2D eigenvalue weighted by molar-refractivity contribution is -0.113. The summed E-state index contributed by atoms with van der Waals surface area (Å²) in [7, 11) is 0. The van der Waals surface area contributed by atoms with Crippen LogP contribution in [0.4, 0.5) is 15.8 Å². The van der Waals surface area contributed by atoms with E-state index in [4.69, 9.17) is 0 Å². The van der Waals surface area contributed by atoms with Crippen LogP contribution in [0.5, 0.6) is 0 Å². The maximum Gasteiger partial charge on any atom is 0.234 e. The van der Waals surface area contributed by atoms with Crippen LogP contribution in [0, 0.1) is 5.82 Å². The van der Waals surface area contributed by atoms with Gasteiger partial charge >= 0.3 is 0 Å². The molecule has 1 aliphatic heterocycles. The number of hydrogen-bond acceptors (Lipinski definition) is 5. The minimum atomic E-state index is -0.303. The molecular formula is C27H26FN5OS. The molecule has 1 aromatic heterocycles. The summed E-state index contributed by atoms with van der Waals surface area (Å²) in [5.41, 5.74) is 3.82. The van der Waals surface area contributed by atoms with Gasteiger partial charge in [0, 0.05) is 30.0 Å². The van der Waals surface area contributed by atoms with E-state index in [2.05, 4.69) is 32.5 Å². The molecule has 2 heterocycles. The molecular weight excluding hydrogens is 461 g/mol. The smallest absolute Gasteiger partial charge is 0.234 e. The number of halogens is 1. The third-order valence-electron chi connectivity index (χ3n) is 5.96. The minimum absolute atomic E-state index is 0.110. The molecule has 0 unspecified atom stereocenters. The van der Waals surface area contributed by atoms with Crippen molar-refractivity contribution in [2.24, 2.45) is 0 Å². The second kappa shape index (κ2) is 10.7. The van der Waals surface area contributed by atoms with Crippen LogP contribution in [-0.2, 0) is 11.3 Å². The Morgan fingerprint density at radius 3 is 2.34 bits per heavy atom. The summed E-state index contributed by atoms with van der Waals surface area (Å²) in [5, 5.41) is 12.3. The molecule has 0 radical (unpaired) electrons. The van der Waals surface area contributed by atoms with Crippen LogP contribution in [0.3, 0.4) is 0 Å². The van der Waals surface area contributed by atoms with Crippen molar-refractivity contribution >= 4 is 29.0 Å². The van der Waals surface area contributed by atoms with Gasteiger partial charge in [0.1, 0.15) is 5.82 Å². The Labute approximate surface area is 208 Å². The highest BCUT2D eigenvalue weighted by atomic mass is 32.2. The lowest BCUT2D eigenvalue weighted by Gasteiger charge is -2.17. The van der Waals surface area contributed by atoms with E-state index in [9.17, 15) is 9.18 Å². The second-order valence-corrected chi connectivity index (χ2v) is 9.41. The number of nitrogens with zero attached hydrogens (tertiary/aromatic N) is 4. The van der Waals surface area contributed by atoms with Gasteiger partial charge in [-0.1, -0.05) is 42.1 Å². The standard InChI is InChI=1S/C27H26FN5OS/c28-22-10-8-21(9-11-22)26-30-31-27(33(26)18-20-6-2-1-3-7-20)35-19-25(34)29-23-12-14-24(15-13-23)32-16-4-5-17-32/h1-3,6-15H,4-5,16-19H2,(H,29,34). The molecule has 1 fully saturated rings. The van der Waals surface area contributed by atoms with E-state index in [1.54, 1.807) is 12.1 Å². The molecule has 8 heteroatoms. The van der Waals surface area contributed by atoms with Crippen LogP contribution in [0.1, 0.15) is 18.4 Å². The number of carbonyl (C=O) groups is 1. The number of hydrogen-bond donors (Lipinski definition) is 1. The van der Waals surface area contributed by atoms with Gasteiger partial charge in [0.05, 0.1) is 12.3 Å². The molecule has 0 spiro atoms. The Kier molecular flexibility index (Phi) is 7.09. The fourth-order valence-electron chi connectivity index (χ4n) is 4.17. The van der Waals surface area contributed by atoms with Crippen molar-refractivity contribution in [3.05, 3.63) is 90.2 Å². The van der Waals surface area contributed by atoms with E-state index in [1.807, 2.05) is 47.0 Å². The molecule has 0 bridgehead atoms. The van der Waals surface area contributed by atoms with Crippen LogP contribution in [0.2, 0.25) is 0 Å². The van der Waals surface area contributed by atoms with Gasteiger partial charge < -0.3 is 10.2 Å². The summed E-state index contributed by atoms with van der Waals surface area (Å²) < 4.78 is 15.4. The maximum atomic E-state index is 13.5. The van der Waals surface area contributed by atoms with Gasteiger partial charge in [-0.3, -0.25) is 9.36 Å². The van der Waals surface area contributed by atoms with Gasteiger partial charge in [0.15, 0.2) is 11.0 Å². The number of thioether (sulfide) groups is 1. The second-order valence-electron chi connectivity index (χ2n) is 8.46. The minimum Gasteiger partial charge on any atom is -0.372 e. The van der Waals surface area contributed by atoms with E-state index in [1.165, 1.54) is 42.4 Å². The predicted octanol–water partition coefficient (Wildman–Crippen LogP) is 5.46. The first-order valence-electron chi connectivity index (χ1n) is 11.7. The van der Waals surface area contributed by atoms with Crippen molar-refractivity contribution in [2.45, 2.75) is 24.5 Å². The number of carbonyl (C=O) groups excluding carboxylic acids is 1. The number of anilines is 2. The zero-order valence-corrected chi connectivity index (χ0v) is 20.0. The van der Waals surface area contributed by atoms with E-state index >= 15 is 0 Å². The van der Waals surface area contributed by atoms with Crippen LogP contribution in [0.25, 0.3) is 11.4 Å². The summed E-state index contributed by atoms with van der Waals surface area (Å²) in [5.74, 6) is 0.419. The van der Waals surface area contributed by atoms with E-state index in [0.717, 1.165) is 29.9 Å². The van der Waals surface area contributed by atoms with E-state index in [-0.39, 0.29) is 17.5 Å². The summed E-state index contributed by atoms with van der Waals surface area (Å²) >= 11 is 1.33. The molecule has 0 aliphatic carbocycles. The van der Waals surface area contributed by atoms with Crippen LogP contribution >= 0.6 is 11.8 Å². The third-order valence-corrected chi connectivity index (χ3v) is 6.92. The molecule has 3 aromatic carbocycles. The lowest BCUT2D eigenvalue weighted by atomic mass is 10.2. The maximum absolute atomic E-state index is 13.5. The van der Waals surface area contributed by atoms with Gasteiger partial charge in [-0.15, -0.1) is 10.2 Å². The highest BCUT2D eigenvalue weighted by molar-refractivity contribution is 7.99. The molecule has 1 saturated heterocycles. The first kappa shape index (κ1) is 23.1. The molecule has 1 amide bonds. The van der Waals surface area contributed by atoms with E-state index < -0.39 is 0 Å². The van der Waals surface area contributed by atoms with E-state index in [0.29, 0.717) is 17.5 Å². The summed E-state index contributed by atoms with van der Waals surface area (Å²) in [6.07, 6.45) is 2.46. The quantitative estimate of drug-likeness (QED) is 0.334. The highest BCUT2D eigenvalue weighted by Crippen LogP contribution is 2.26. The average molecular weight is 488 g/mol. The molecule has 0 saturated carbocycles. The van der Waals surface area contributed by atoms with Crippen molar-refractivity contribution in [2.75, 3.05) is 29.1 Å². The zero-order chi connectivity index (χ0) is 24.0. The lowest BCUT2D eigenvalue weighted by Crippen LogP contribution is -2.18. The first-order chi connectivity index (χ1) is 17.2. The van der Waals surface area contributed by atoms with Crippen molar-refractivity contribution in [3.63, 3.8) is 0 Å². The Hall–Kier alpha value is -3.65. The molecule has 35 heavy (non-hydrogen) atoms. The van der Waals surface area contributed by atoms with Crippen LogP contribution < -0.4 is 10.2 Å². The van der Waals surface area contributed by atoms with Crippen LogP contribution in [0.15, 0.2) is 84.0 Å². The monoisotopic (exact) mass is 487 g/mol. The number of aromatic nitrogens is 3. The first-order valence-corrected chi connectivity index (χ1v) is 12.6. The number of amides is 1. The third kappa shape index (κ3) is 5.71. The van der Waals surface area contributed by atoms with Crippen molar-refractivity contribution < 1.29 is 9.18 Å². The van der Waals surface area contributed by atoms with Crippen molar-refractivity contribution in [1.29, 1.82) is 0 Å². The predicted molar refractivity (Wildman–Crippen MR) is 138 cm³/mol. The molecule has 1 aliphatic rings. The summed E-state index contributed by atoms with van der Waals surface area (Å²) in [6.45, 7) is 2.72. The van der Waals surface area contributed by atoms with Gasteiger partial charge in [-0.05, 0) is 66.9 Å². The van der Waals surface area contributed by atoms with Crippen LogP contribution in [-0.4, -0.2) is 39.5 Å². The molecule has 4 aromatic rings. The average Bonchev–Trinajstić information content (AvgIpc) is 3.55. The number of nitrogens with one attached hydrogen (secondary N) is 1. The zero-order valence-electron chi connectivity index (χ0n) is 19.2. The van der Waals surface area contributed by atoms with Gasteiger partial charge in [-0.2, -0.15) is 0 Å². The highest BCUT2D eigenvalue weighted by Gasteiger charge is 2.17. The SMILES string of the molecule is O=C(CSc1nnc(-c2ccc(F)cc2)n1Cc1ccccc1)Nc1ccc(N2CCCC2)cc1. The fourth-order valence-corrected chi connectivity index (χ4v) is 4.91. The Bertz CT molecular complexity index is 1270. The molecule has 6 nitrogen and oxygen atoms in total. The largest absolute Gasteiger partial charge is 0.372 e. The topological polar surface area (TPSA) is 63.1 Å². The Morgan fingerprint density at radius 2 is 1.63 bits per heavy atom.